The quantitative estimate of drug-likeness (QED) is 0.863. The van der Waals surface area contributed by atoms with Crippen molar-refractivity contribution in [3.63, 3.8) is 0 Å². The number of nitrogens with zero attached hydrogens (tertiary/aromatic N) is 1. The molecule has 0 spiro atoms. The average molecular weight is 332 g/mol. The van der Waals surface area contributed by atoms with E-state index in [4.69, 9.17) is 0 Å². The van der Waals surface area contributed by atoms with Crippen molar-refractivity contribution in [3.8, 4) is 0 Å². The fraction of sp³-hybridized carbons (Fsp3) is 0.500. The van der Waals surface area contributed by atoms with Gasteiger partial charge in [0.1, 0.15) is 11.6 Å². The van der Waals surface area contributed by atoms with Gasteiger partial charge in [0.2, 0.25) is 5.91 Å². The lowest BCUT2D eigenvalue weighted by Gasteiger charge is -2.18. The first-order valence-electron chi connectivity index (χ1n) is 7.06. The molecule has 2 atom stereocenters. The van der Waals surface area contributed by atoms with E-state index in [2.05, 4.69) is 0 Å². The number of halogens is 2. The maximum Gasteiger partial charge on any atom is 0.303 e. The number of benzene rings is 1. The second kappa shape index (κ2) is 6.29. The van der Waals surface area contributed by atoms with Crippen LogP contribution in [0.4, 0.5) is 8.78 Å². The van der Waals surface area contributed by atoms with Crippen LogP contribution >= 0.6 is 0 Å². The monoisotopic (exact) mass is 332 g/mol. The lowest BCUT2D eigenvalue weighted by molar-refractivity contribution is -0.120. The third-order valence-corrected chi connectivity index (χ3v) is 5.41. The Morgan fingerprint density at radius 1 is 1.32 bits per heavy atom. The van der Waals surface area contributed by atoms with Crippen molar-refractivity contribution in [3.05, 3.63) is 35.4 Å². The van der Waals surface area contributed by atoms with Crippen molar-refractivity contribution in [2.75, 3.05) is 13.1 Å². The van der Waals surface area contributed by atoms with Gasteiger partial charge in [0.25, 0.3) is 0 Å². The molecule has 1 amide bonds. The van der Waals surface area contributed by atoms with Gasteiger partial charge in [-0.05, 0) is 36.1 Å². The minimum atomic E-state index is -3.88. The molecule has 1 fully saturated rings. The Bertz CT molecular complexity index is 675. The zero-order valence-electron chi connectivity index (χ0n) is 12.3. The molecule has 0 radical (unpaired) electrons. The Kier molecular flexibility index (Phi) is 4.81. The Labute approximate surface area is 128 Å². The molecule has 0 saturated heterocycles. The third kappa shape index (κ3) is 3.44. The van der Waals surface area contributed by atoms with E-state index in [1.165, 1.54) is 0 Å². The Morgan fingerprint density at radius 2 is 1.95 bits per heavy atom. The number of rotatable bonds is 6. The summed E-state index contributed by atoms with van der Waals surface area (Å²) in [6.07, 6.45) is 0.306. The predicted molar refractivity (Wildman–Crippen MR) is 77.2 cm³/mol. The first kappa shape index (κ1) is 16.8. The Balaban J connectivity index is 2.06. The maximum absolute atomic E-state index is 13.6. The maximum atomic E-state index is 13.6. The van der Waals surface area contributed by atoms with Gasteiger partial charge in [0.05, 0.1) is 0 Å². The van der Waals surface area contributed by atoms with Crippen LogP contribution in [0.25, 0.3) is 0 Å². The van der Waals surface area contributed by atoms with Crippen LogP contribution in [0.5, 0.6) is 0 Å². The number of nitrogens with one attached hydrogen (secondary N) is 1. The van der Waals surface area contributed by atoms with Crippen LogP contribution < -0.4 is 4.72 Å². The largest absolute Gasteiger partial charge is 0.303 e. The molecular weight excluding hydrogens is 314 g/mol. The minimum absolute atomic E-state index is 0.111. The van der Waals surface area contributed by atoms with Crippen molar-refractivity contribution in [1.29, 1.82) is 0 Å². The fourth-order valence-electron chi connectivity index (χ4n) is 2.46. The lowest BCUT2D eigenvalue weighted by Crippen LogP contribution is -2.44. The summed E-state index contributed by atoms with van der Waals surface area (Å²) in [4.78, 5) is 12.0. The molecule has 1 N–H and O–H groups in total. The van der Waals surface area contributed by atoms with Gasteiger partial charge in [-0.1, -0.05) is 13.8 Å². The molecule has 2 rings (SSSR count). The summed E-state index contributed by atoms with van der Waals surface area (Å²) >= 11 is 0. The highest BCUT2D eigenvalue weighted by Crippen LogP contribution is 2.48. The molecule has 1 aliphatic carbocycles. The summed E-state index contributed by atoms with van der Waals surface area (Å²) in [6.45, 7) is 3.81. The van der Waals surface area contributed by atoms with Crippen LogP contribution in [0.2, 0.25) is 0 Å². The van der Waals surface area contributed by atoms with Crippen LogP contribution in [0.15, 0.2) is 18.2 Å². The van der Waals surface area contributed by atoms with Gasteiger partial charge < -0.3 is 0 Å². The zero-order chi connectivity index (χ0) is 16.5. The van der Waals surface area contributed by atoms with Crippen molar-refractivity contribution < 1.29 is 22.0 Å². The molecule has 1 aromatic rings. The summed E-state index contributed by atoms with van der Waals surface area (Å²) < 4.78 is 53.8. The minimum Gasteiger partial charge on any atom is -0.274 e. The van der Waals surface area contributed by atoms with Gasteiger partial charge in [-0.25, -0.2) is 13.5 Å². The van der Waals surface area contributed by atoms with E-state index in [-0.39, 0.29) is 18.7 Å². The standard InChI is InChI=1S/C14H18F2N2O3S/c1-3-18(4-2)22(20,21)17-14(19)12-8-10(12)11-7-9(15)5-6-13(11)16/h5-7,10,12H,3-4,8H2,1-2H3,(H,17,19). The molecule has 22 heavy (non-hydrogen) atoms. The summed E-state index contributed by atoms with van der Waals surface area (Å²) in [6, 6.07) is 3.05. The first-order valence-corrected chi connectivity index (χ1v) is 8.50. The highest BCUT2D eigenvalue weighted by Gasteiger charge is 2.46. The number of amides is 1. The van der Waals surface area contributed by atoms with Gasteiger partial charge in [0, 0.05) is 19.0 Å². The topological polar surface area (TPSA) is 66.5 Å². The molecule has 122 valence electrons. The van der Waals surface area contributed by atoms with E-state index in [1.807, 2.05) is 4.72 Å². The van der Waals surface area contributed by atoms with Crippen LogP contribution in [-0.2, 0) is 15.0 Å². The SMILES string of the molecule is CCN(CC)S(=O)(=O)NC(=O)C1CC1c1cc(F)ccc1F. The molecule has 0 aromatic heterocycles. The average Bonchev–Trinajstić information content (AvgIpc) is 3.22. The van der Waals surface area contributed by atoms with Gasteiger partial charge in [-0.3, -0.25) is 4.79 Å². The number of hydrogen-bond donors (Lipinski definition) is 1. The third-order valence-electron chi connectivity index (χ3n) is 3.76. The van der Waals surface area contributed by atoms with Gasteiger partial charge in [-0.15, -0.1) is 0 Å². The van der Waals surface area contributed by atoms with E-state index in [0.29, 0.717) is 6.42 Å². The Hall–Kier alpha value is -1.54. The highest BCUT2D eigenvalue weighted by molar-refractivity contribution is 7.87. The van der Waals surface area contributed by atoms with Crippen molar-refractivity contribution in [1.82, 2.24) is 9.03 Å². The van der Waals surface area contributed by atoms with Crippen molar-refractivity contribution in [2.24, 2.45) is 5.92 Å². The summed E-state index contributed by atoms with van der Waals surface area (Å²) in [5.74, 6) is -2.99. The highest BCUT2D eigenvalue weighted by atomic mass is 32.2. The van der Waals surface area contributed by atoms with Crippen LogP contribution in [-0.4, -0.2) is 31.7 Å². The van der Waals surface area contributed by atoms with Gasteiger partial charge >= 0.3 is 10.2 Å². The molecule has 1 saturated carbocycles. The molecule has 5 nitrogen and oxygen atoms in total. The molecule has 0 aliphatic heterocycles. The van der Waals surface area contributed by atoms with Gasteiger partial charge in [-0.2, -0.15) is 12.7 Å². The van der Waals surface area contributed by atoms with E-state index >= 15 is 0 Å². The molecule has 0 bridgehead atoms. The van der Waals surface area contributed by atoms with Crippen molar-refractivity contribution in [2.45, 2.75) is 26.2 Å². The Morgan fingerprint density at radius 3 is 2.55 bits per heavy atom. The van der Waals surface area contributed by atoms with E-state index in [0.717, 1.165) is 22.5 Å². The fourth-order valence-corrected chi connectivity index (χ4v) is 3.67. The van der Waals surface area contributed by atoms with Crippen molar-refractivity contribution >= 4 is 16.1 Å². The second-order valence-corrected chi connectivity index (χ2v) is 6.84. The number of carbonyl (C=O) groups excluding carboxylic acids is 1. The molecule has 2 unspecified atom stereocenters. The van der Waals surface area contributed by atoms with Crippen LogP contribution in [0.1, 0.15) is 31.7 Å². The van der Waals surface area contributed by atoms with Crippen LogP contribution in [0, 0.1) is 17.6 Å². The smallest absolute Gasteiger partial charge is 0.274 e. The predicted octanol–water partition coefficient (Wildman–Crippen LogP) is 1.77. The zero-order valence-corrected chi connectivity index (χ0v) is 13.2. The second-order valence-electron chi connectivity index (χ2n) is 5.17. The van der Waals surface area contributed by atoms with E-state index in [1.54, 1.807) is 13.8 Å². The molecular formula is C14H18F2N2O3S. The first-order chi connectivity index (χ1) is 10.3. The molecule has 1 aliphatic rings. The number of carbonyl (C=O) groups is 1. The van der Waals surface area contributed by atoms with Crippen LogP contribution in [0.3, 0.4) is 0 Å². The van der Waals surface area contributed by atoms with Gasteiger partial charge in [0.15, 0.2) is 0 Å². The lowest BCUT2D eigenvalue weighted by atomic mass is 10.1. The molecule has 8 heteroatoms. The summed E-state index contributed by atoms with van der Waals surface area (Å²) in [5, 5.41) is 0. The normalized spacial score (nSPS) is 21.0. The summed E-state index contributed by atoms with van der Waals surface area (Å²) in [7, 11) is -3.88. The number of hydrogen-bond acceptors (Lipinski definition) is 3. The molecule has 1 aromatic carbocycles. The van der Waals surface area contributed by atoms with E-state index < -0.39 is 39.6 Å². The summed E-state index contributed by atoms with van der Waals surface area (Å²) in [5.41, 5.74) is 0.111. The van der Waals surface area contributed by atoms with E-state index in [9.17, 15) is 22.0 Å². The molecule has 0 heterocycles.